The minimum atomic E-state index is 0.215. The third kappa shape index (κ3) is 3.05. The van der Waals surface area contributed by atoms with Gasteiger partial charge in [-0.25, -0.2) is 0 Å². The van der Waals surface area contributed by atoms with E-state index in [0.717, 1.165) is 24.3 Å². The SMILES string of the molecule is COc1ccc(Cl)cc1N[C@H]1CCCC[C@H]1N. The molecule has 0 aliphatic heterocycles. The van der Waals surface area contributed by atoms with Crippen molar-refractivity contribution in [2.45, 2.75) is 37.8 Å². The van der Waals surface area contributed by atoms with Crippen molar-refractivity contribution in [3.05, 3.63) is 23.2 Å². The molecule has 17 heavy (non-hydrogen) atoms. The molecule has 1 aliphatic carbocycles. The van der Waals surface area contributed by atoms with Gasteiger partial charge >= 0.3 is 0 Å². The summed E-state index contributed by atoms with van der Waals surface area (Å²) >= 11 is 6.00. The Kier molecular flexibility index (Phi) is 4.13. The second kappa shape index (κ2) is 5.61. The van der Waals surface area contributed by atoms with E-state index in [0.29, 0.717) is 11.1 Å². The highest BCUT2D eigenvalue weighted by Crippen LogP contribution is 2.30. The highest BCUT2D eigenvalue weighted by Gasteiger charge is 2.22. The molecule has 1 aliphatic rings. The van der Waals surface area contributed by atoms with Gasteiger partial charge in [-0.1, -0.05) is 24.4 Å². The summed E-state index contributed by atoms with van der Waals surface area (Å²) in [6, 6.07) is 6.12. The number of hydrogen-bond donors (Lipinski definition) is 2. The van der Waals surface area contributed by atoms with Crippen molar-refractivity contribution in [1.82, 2.24) is 0 Å². The summed E-state index contributed by atoms with van der Waals surface area (Å²) in [6.45, 7) is 0. The fraction of sp³-hybridized carbons (Fsp3) is 0.538. The summed E-state index contributed by atoms with van der Waals surface area (Å²) in [5, 5.41) is 4.16. The van der Waals surface area contributed by atoms with Crippen LogP contribution in [-0.4, -0.2) is 19.2 Å². The second-order valence-corrected chi connectivity index (χ2v) is 4.98. The van der Waals surface area contributed by atoms with E-state index >= 15 is 0 Å². The Bertz CT molecular complexity index is 384. The monoisotopic (exact) mass is 254 g/mol. The average molecular weight is 255 g/mol. The standard InChI is InChI=1S/C13H19ClN2O/c1-17-13-7-6-9(14)8-12(13)16-11-5-3-2-4-10(11)15/h6-8,10-11,16H,2-5,15H2,1H3/t10-,11+/m1/s1. The highest BCUT2D eigenvalue weighted by molar-refractivity contribution is 6.30. The number of nitrogens with one attached hydrogen (secondary N) is 1. The van der Waals surface area contributed by atoms with Crippen LogP contribution < -0.4 is 15.8 Å². The Morgan fingerprint density at radius 3 is 2.82 bits per heavy atom. The van der Waals surface area contributed by atoms with Gasteiger partial charge in [-0.2, -0.15) is 0 Å². The molecule has 0 radical (unpaired) electrons. The number of rotatable bonds is 3. The molecular formula is C13H19ClN2O. The second-order valence-electron chi connectivity index (χ2n) is 4.54. The van der Waals surface area contributed by atoms with Gasteiger partial charge in [0.05, 0.1) is 12.8 Å². The van der Waals surface area contributed by atoms with Gasteiger partial charge in [0.2, 0.25) is 0 Å². The van der Waals surface area contributed by atoms with Crippen LogP contribution in [0.15, 0.2) is 18.2 Å². The fourth-order valence-corrected chi connectivity index (χ4v) is 2.50. The maximum absolute atomic E-state index is 6.12. The van der Waals surface area contributed by atoms with Gasteiger partial charge < -0.3 is 15.8 Å². The molecule has 1 aromatic carbocycles. The summed E-state index contributed by atoms with van der Waals surface area (Å²) < 4.78 is 5.32. The van der Waals surface area contributed by atoms with E-state index in [2.05, 4.69) is 5.32 Å². The zero-order chi connectivity index (χ0) is 12.3. The lowest BCUT2D eigenvalue weighted by atomic mass is 9.91. The van der Waals surface area contributed by atoms with Crippen molar-refractivity contribution in [2.24, 2.45) is 5.73 Å². The molecule has 0 saturated heterocycles. The molecule has 2 atom stereocenters. The molecule has 2 rings (SSSR count). The van der Waals surface area contributed by atoms with Crippen LogP contribution >= 0.6 is 11.6 Å². The molecule has 1 saturated carbocycles. The fourth-order valence-electron chi connectivity index (χ4n) is 2.33. The van der Waals surface area contributed by atoms with Crippen LogP contribution in [0.25, 0.3) is 0 Å². The molecule has 0 amide bonds. The molecule has 0 heterocycles. The van der Waals surface area contributed by atoms with E-state index in [1.54, 1.807) is 7.11 Å². The van der Waals surface area contributed by atoms with Crippen molar-refractivity contribution in [3.63, 3.8) is 0 Å². The number of halogens is 1. The third-order valence-corrected chi connectivity index (χ3v) is 3.56. The molecule has 0 aromatic heterocycles. The summed E-state index contributed by atoms with van der Waals surface area (Å²) in [4.78, 5) is 0. The number of methoxy groups -OCH3 is 1. The molecule has 3 N–H and O–H groups in total. The number of benzene rings is 1. The summed E-state index contributed by atoms with van der Waals surface area (Å²) in [6.07, 6.45) is 4.65. The van der Waals surface area contributed by atoms with E-state index in [1.807, 2.05) is 18.2 Å². The van der Waals surface area contributed by atoms with Gasteiger partial charge in [-0.3, -0.25) is 0 Å². The first-order chi connectivity index (χ1) is 8.20. The van der Waals surface area contributed by atoms with Crippen molar-refractivity contribution in [3.8, 4) is 5.75 Å². The minimum absolute atomic E-state index is 0.215. The van der Waals surface area contributed by atoms with Crippen LogP contribution in [0.4, 0.5) is 5.69 Å². The predicted octanol–water partition coefficient (Wildman–Crippen LogP) is 3.03. The van der Waals surface area contributed by atoms with Crippen molar-refractivity contribution >= 4 is 17.3 Å². The Morgan fingerprint density at radius 2 is 2.12 bits per heavy atom. The molecular weight excluding hydrogens is 236 g/mol. The lowest BCUT2D eigenvalue weighted by Crippen LogP contribution is -2.42. The summed E-state index contributed by atoms with van der Waals surface area (Å²) in [5.74, 6) is 0.812. The Labute approximate surface area is 107 Å². The predicted molar refractivity (Wildman–Crippen MR) is 71.9 cm³/mol. The van der Waals surface area contributed by atoms with Gasteiger partial charge in [0.25, 0.3) is 0 Å². The zero-order valence-electron chi connectivity index (χ0n) is 10.1. The van der Waals surface area contributed by atoms with Crippen LogP contribution in [0, 0.1) is 0 Å². The van der Waals surface area contributed by atoms with Crippen molar-refractivity contribution < 1.29 is 4.74 Å². The molecule has 0 unspecified atom stereocenters. The maximum Gasteiger partial charge on any atom is 0.142 e. The van der Waals surface area contributed by atoms with E-state index in [1.165, 1.54) is 12.8 Å². The lowest BCUT2D eigenvalue weighted by molar-refractivity contribution is 0.396. The zero-order valence-corrected chi connectivity index (χ0v) is 10.8. The topological polar surface area (TPSA) is 47.3 Å². The number of ether oxygens (including phenoxy) is 1. The smallest absolute Gasteiger partial charge is 0.142 e. The number of nitrogens with two attached hydrogens (primary N) is 1. The van der Waals surface area contributed by atoms with Crippen LogP contribution in [0.5, 0.6) is 5.75 Å². The molecule has 0 bridgehead atoms. The van der Waals surface area contributed by atoms with Gasteiger partial charge in [-0.15, -0.1) is 0 Å². The first-order valence-electron chi connectivity index (χ1n) is 6.06. The van der Waals surface area contributed by atoms with Crippen LogP contribution in [-0.2, 0) is 0 Å². The van der Waals surface area contributed by atoms with Crippen LogP contribution in [0.3, 0.4) is 0 Å². The molecule has 0 spiro atoms. The van der Waals surface area contributed by atoms with Crippen molar-refractivity contribution in [2.75, 3.05) is 12.4 Å². The van der Waals surface area contributed by atoms with Gasteiger partial charge in [0.1, 0.15) is 5.75 Å². The first-order valence-corrected chi connectivity index (χ1v) is 6.44. The van der Waals surface area contributed by atoms with Gasteiger partial charge in [-0.05, 0) is 31.0 Å². The molecule has 4 heteroatoms. The number of anilines is 1. The Balaban J connectivity index is 2.13. The van der Waals surface area contributed by atoms with E-state index in [-0.39, 0.29) is 6.04 Å². The van der Waals surface area contributed by atoms with E-state index in [4.69, 9.17) is 22.1 Å². The Morgan fingerprint density at radius 1 is 1.35 bits per heavy atom. The van der Waals surface area contributed by atoms with E-state index in [9.17, 15) is 0 Å². The van der Waals surface area contributed by atoms with Crippen LogP contribution in [0.1, 0.15) is 25.7 Å². The lowest BCUT2D eigenvalue weighted by Gasteiger charge is -2.30. The van der Waals surface area contributed by atoms with E-state index < -0.39 is 0 Å². The van der Waals surface area contributed by atoms with Crippen molar-refractivity contribution in [1.29, 1.82) is 0 Å². The quantitative estimate of drug-likeness (QED) is 0.872. The molecule has 1 aromatic rings. The normalized spacial score (nSPS) is 24.4. The molecule has 94 valence electrons. The number of hydrogen-bond acceptors (Lipinski definition) is 3. The summed E-state index contributed by atoms with van der Waals surface area (Å²) in [7, 11) is 1.66. The first kappa shape index (κ1) is 12.5. The average Bonchev–Trinajstić information content (AvgIpc) is 2.32. The van der Waals surface area contributed by atoms with Gasteiger partial charge in [0, 0.05) is 17.1 Å². The van der Waals surface area contributed by atoms with Crippen LogP contribution in [0.2, 0.25) is 5.02 Å². The summed E-state index contributed by atoms with van der Waals surface area (Å²) in [5.41, 5.74) is 7.05. The molecule has 1 fully saturated rings. The largest absolute Gasteiger partial charge is 0.495 e. The minimum Gasteiger partial charge on any atom is -0.495 e. The third-order valence-electron chi connectivity index (χ3n) is 3.32. The molecule has 3 nitrogen and oxygen atoms in total. The maximum atomic E-state index is 6.12. The highest BCUT2D eigenvalue weighted by atomic mass is 35.5. The Hall–Kier alpha value is -0.930. The van der Waals surface area contributed by atoms with Gasteiger partial charge in [0.15, 0.2) is 0 Å².